The predicted octanol–water partition coefficient (Wildman–Crippen LogP) is 14.9. The van der Waals surface area contributed by atoms with Crippen LogP contribution in [0.3, 0.4) is 0 Å². The van der Waals surface area contributed by atoms with Gasteiger partial charge in [-0.15, -0.1) is 11.3 Å². The van der Waals surface area contributed by atoms with Crippen LogP contribution in [0, 0.1) is 6.85 Å². The lowest BCUT2D eigenvalue weighted by Crippen LogP contribution is -2.61. The summed E-state index contributed by atoms with van der Waals surface area (Å²) in [6.07, 6.45) is 2.21. The van der Waals surface area contributed by atoms with Crippen molar-refractivity contribution in [2.45, 2.75) is 124 Å². The van der Waals surface area contributed by atoms with Crippen LogP contribution in [0.15, 0.2) is 115 Å². The molecular formula is C57H61BN2S. The lowest BCUT2D eigenvalue weighted by atomic mass is 9.35. The second kappa shape index (κ2) is 14.0. The Kier molecular flexibility index (Phi) is 8.38. The van der Waals surface area contributed by atoms with Gasteiger partial charge in [-0.05, 0) is 152 Å². The maximum absolute atomic E-state index is 9.11. The van der Waals surface area contributed by atoms with Crippen molar-refractivity contribution < 1.29 is 4.11 Å². The van der Waals surface area contributed by atoms with Gasteiger partial charge in [-0.25, -0.2) is 0 Å². The minimum absolute atomic E-state index is 0.0173. The molecule has 1 aliphatic carbocycles. The molecule has 0 unspecified atom stereocenters. The lowest BCUT2D eigenvalue weighted by molar-refractivity contribution is 0.332. The van der Waals surface area contributed by atoms with E-state index in [1.807, 2.05) is 23.5 Å². The summed E-state index contributed by atoms with van der Waals surface area (Å²) in [5.74, 6) is 0.710. The van der Waals surface area contributed by atoms with Crippen LogP contribution in [0.5, 0.6) is 0 Å². The number of aryl methyl sites for hydroxylation is 1. The van der Waals surface area contributed by atoms with Gasteiger partial charge in [-0.1, -0.05) is 137 Å². The Morgan fingerprint density at radius 1 is 0.656 bits per heavy atom. The molecule has 2 aliphatic heterocycles. The molecule has 0 bridgehead atoms. The average molecular weight is 820 g/mol. The summed E-state index contributed by atoms with van der Waals surface area (Å²) >= 11 is 1.91. The highest BCUT2D eigenvalue weighted by Crippen LogP contribution is 2.53. The Morgan fingerprint density at radius 2 is 1.30 bits per heavy atom. The maximum Gasteiger partial charge on any atom is 0.264 e. The highest BCUT2D eigenvalue weighted by Gasteiger charge is 2.48. The number of benzene rings is 6. The van der Waals surface area contributed by atoms with Gasteiger partial charge in [0.05, 0.1) is 11.4 Å². The molecule has 0 spiro atoms. The molecule has 308 valence electrons. The van der Waals surface area contributed by atoms with Gasteiger partial charge in [-0.2, -0.15) is 0 Å². The van der Waals surface area contributed by atoms with Gasteiger partial charge < -0.3 is 9.80 Å². The molecule has 3 aliphatic rings. The van der Waals surface area contributed by atoms with Crippen molar-refractivity contribution in [3.63, 3.8) is 0 Å². The van der Waals surface area contributed by atoms with Crippen LogP contribution in [-0.2, 0) is 16.2 Å². The Hall–Kier alpha value is -5.06. The number of anilines is 6. The standard InChI is InChI=1S/C57H61BN2S/c1-34(2)37-18-22-41(23-19-37)59-49-28-36(5)29-50-52(49)58(54-53(59)43-31-40(55(6,7)8)21-25-51(43)61-54)46-32-44-45(57(11,12)27-26-56(44,9)10)33-48(46)60(50)47-24-20-39(35(3)4)30-42(47)38-16-14-13-15-17-38/h13-25,28-35H,26-27H2,1-12H3/i5D3. The summed E-state index contributed by atoms with van der Waals surface area (Å²) in [6.45, 7) is 23.0. The van der Waals surface area contributed by atoms with Crippen LogP contribution in [0.25, 0.3) is 21.2 Å². The van der Waals surface area contributed by atoms with E-state index in [0.717, 1.165) is 63.6 Å². The monoisotopic (exact) mass is 819 g/mol. The predicted molar refractivity (Wildman–Crippen MR) is 268 cm³/mol. The minimum atomic E-state index is -2.36. The van der Waals surface area contributed by atoms with Crippen LogP contribution >= 0.6 is 11.3 Å². The van der Waals surface area contributed by atoms with E-state index in [-0.39, 0.29) is 23.0 Å². The number of hydrogen-bond donors (Lipinski definition) is 0. The van der Waals surface area contributed by atoms with E-state index in [0.29, 0.717) is 17.4 Å². The molecule has 0 saturated heterocycles. The quantitative estimate of drug-likeness (QED) is 0.160. The number of thiophene rings is 1. The highest BCUT2D eigenvalue weighted by molar-refractivity contribution is 7.33. The zero-order valence-electron chi connectivity index (χ0n) is 40.9. The highest BCUT2D eigenvalue weighted by atomic mass is 32.1. The van der Waals surface area contributed by atoms with E-state index in [4.69, 9.17) is 4.11 Å². The second-order valence-corrected chi connectivity index (χ2v) is 22.2. The van der Waals surface area contributed by atoms with Crippen LogP contribution in [0.1, 0.15) is 138 Å². The third kappa shape index (κ3) is 6.33. The first-order valence-electron chi connectivity index (χ1n) is 24.0. The fraction of sp³-hybridized carbons (Fsp3) is 0.333. The summed E-state index contributed by atoms with van der Waals surface area (Å²) in [5.41, 5.74) is 17.8. The first kappa shape index (κ1) is 36.6. The SMILES string of the molecule is [2H]C([2H])([2H])c1cc2c3c(c1)N(c1ccc(C(C)C)cc1)c1c(sc4ccc(C(C)(C)C)cc14)B3c1cc3c(cc1N2c1ccc(C(C)C)cc1-c1ccccc1)C(C)(C)CCC3(C)C. The summed E-state index contributed by atoms with van der Waals surface area (Å²) < 4.78 is 29.9. The lowest BCUT2D eigenvalue weighted by Gasteiger charge is -2.47. The third-order valence-corrected chi connectivity index (χ3v) is 15.6. The number of hydrogen-bond acceptors (Lipinski definition) is 3. The fourth-order valence-electron chi connectivity index (χ4n) is 10.5. The van der Waals surface area contributed by atoms with Crippen molar-refractivity contribution in [3.8, 4) is 11.1 Å². The van der Waals surface area contributed by atoms with Crippen LogP contribution in [-0.4, -0.2) is 6.71 Å². The van der Waals surface area contributed by atoms with E-state index >= 15 is 0 Å². The number of nitrogens with zero attached hydrogens (tertiary/aromatic N) is 2. The van der Waals surface area contributed by atoms with Crippen molar-refractivity contribution >= 4 is 78.0 Å². The van der Waals surface area contributed by atoms with Gasteiger partial charge in [0, 0.05) is 47.3 Å². The van der Waals surface area contributed by atoms with Gasteiger partial charge in [0.25, 0.3) is 6.71 Å². The van der Waals surface area contributed by atoms with Crippen molar-refractivity contribution in [2.75, 3.05) is 9.80 Å². The molecule has 7 aromatic rings. The van der Waals surface area contributed by atoms with E-state index < -0.39 is 6.85 Å². The van der Waals surface area contributed by atoms with Crippen molar-refractivity contribution in [1.29, 1.82) is 0 Å². The molecule has 0 radical (unpaired) electrons. The Labute approximate surface area is 374 Å². The molecule has 2 nitrogen and oxygen atoms in total. The molecule has 0 fully saturated rings. The molecule has 10 rings (SSSR count). The largest absolute Gasteiger partial charge is 0.311 e. The van der Waals surface area contributed by atoms with Crippen molar-refractivity contribution in [3.05, 3.63) is 149 Å². The molecule has 0 amide bonds. The second-order valence-electron chi connectivity index (χ2n) is 21.1. The van der Waals surface area contributed by atoms with Crippen molar-refractivity contribution in [1.82, 2.24) is 0 Å². The molecule has 3 heterocycles. The summed E-state index contributed by atoms with van der Waals surface area (Å²) in [6, 6.07) is 42.9. The van der Waals surface area contributed by atoms with E-state index in [9.17, 15) is 0 Å². The topological polar surface area (TPSA) is 6.48 Å². The molecule has 61 heavy (non-hydrogen) atoms. The van der Waals surface area contributed by atoms with E-state index in [1.54, 1.807) is 0 Å². The minimum Gasteiger partial charge on any atom is -0.311 e. The number of fused-ring (bicyclic) bond motifs is 7. The Balaban J connectivity index is 1.39. The Bertz CT molecular complexity index is 2990. The maximum atomic E-state index is 9.11. The normalized spacial score (nSPS) is 17.1. The Morgan fingerprint density at radius 3 is 1.93 bits per heavy atom. The fourth-order valence-corrected chi connectivity index (χ4v) is 11.8. The zero-order chi connectivity index (χ0) is 45.4. The van der Waals surface area contributed by atoms with Crippen LogP contribution in [0.2, 0.25) is 0 Å². The van der Waals surface area contributed by atoms with Gasteiger partial charge in [-0.3, -0.25) is 0 Å². The summed E-state index contributed by atoms with van der Waals surface area (Å²) in [7, 11) is 0. The first-order valence-corrected chi connectivity index (χ1v) is 23.3. The molecule has 0 N–H and O–H groups in total. The average Bonchev–Trinajstić information content (AvgIpc) is 3.63. The van der Waals surface area contributed by atoms with Gasteiger partial charge >= 0.3 is 0 Å². The molecule has 6 aromatic carbocycles. The first-order chi connectivity index (χ1) is 30.1. The summed E-state index contributed by atoms with van der Waals surface area (Å²) in [5, 5.41) is 1.21. The summed E-state index contributed by atoms with van der Waals surface area (Å²) in [4.78, 5) is 4.88. The zero-order valence-corrected chi connectivity index (χ0v) is 38.7. The molecule has 0 saturated carbocycles. The van der Waals surface area contributed by atoms with Gasteiger partial charge in [0.15, 0.2) is 0 Å². The molecule has 1 aromatic heterocycles. The number of rotatable bonds is 5. The van der Waals surface area contributed by atoms with Crippen LogP contribution in [0.4, 0.5) is 34.1 Å². The molecule has 4 heteroatoms. The van der Waals surface area contributed by atoms with E-state index in [2.05, 4.69) is 189 Å². The van der Waals surface area contributed by atoms with Crippen molar-refractivity contribution in [2.24, 2.45) is 0 Å². The third-order valence-electron chi connectivity index (χ3n) is 14.3. The van der Waals surface area contributed by atoms with Gasteiger partial charge in [0.1, 0.15) is 0 Å². The van der Waals surface area contributed by atoms with Gasteiger partial charge in [0.2, 0.25) is 0 Å². The molecular weight excluding hydrogens is 756 g/mol. The molecule has 0 atom stereocenters. The smallest absolute Gasteiger partial charge is 0.264 e. The van der Waals surface area contributed by atoms with Crippen LogP contribution < -0.4 is 25.5 Å². The van der Waals surface area contributed by atoms with E-state index in [1.165, 1.54) is 48.1 Å².